The molecule has 3 rings (SSSR count). The summed E-state index contributed by atoms with van der Waals surface area (Å²) in [5.41, 5.74) is 2.54. The molecule has 0 fully saturated rings. The van der Waals surface area contributed by atoms with Crippen LogP contribution in [0.4, 0.5) is 5.13 Å². The van der Waals surface area contributed by atoms with Crippen LogP contribution in [0.15, 0.2) is 29.4 Å². The Morgan fingerprint density at radius 2 is 2.00 bits per heavy atom. The Morgan fingerprint density at radius 3 is 2.67 bits per heavy atom. The van der Waals surface area contributed by atoms with Gasteiger partial charge in [0.2, 0.25) is 5.91 Å². The second-order valence-corrected chi connectivity index (χ2v) is 9.43. The van der Waals surface area contributed by atoms with Crippen molar-refractivity contribution < 1.29 is 9.59 Å². The fraction of sp³-hybridized carbons (Fsp3) is 0.350. The molecule has 1 atom stereocenters. The molecule has 2 heterocycles. The highest BCUT2D eigenvalue weighted by molar-refractivity contribution is 8.00. The Kier molecular flexibility index (Phi) is 6.88. The van der Waals surface area contributed by atoms with Crippen LogP contribution >= 0.6 is 23.1 Å². The average Bonchev–Trinajstić information content (AvgIpc) is 3.21. The van der Waals surface area contributed by atoms with E-state index in [0.29, 0.717) is 21.7 Å². The highest BCUT2D eigenvalue weighted by Gasteiger charge is 2.20. The van der Waals surface area contributed by atoms with Crippen molar-refractivity contribution >= 4 is 40.0 Å². The van der Waals surface area contributed by atoms with E-state index >= 15 is 0 Å². The second kappa shape index (κ2) is 9.40. The highest BCUT2D eigenvalue weighted by atomic mass is 32.2. The molecule has 0 aliphatic carbocycles. The molecule has 0 spiro atoms. The van der Waals surface area contributed by atoms with Crippen LogP contribution in [0.3, 0.4) is 0 Å². The fourth-order valence-corrected chi connectivity index (χ4v) is 4.25. The Bertz CT molecular complexity index is 1060. The van der Waals surface area contributed by atoms with Gasteiger partial charge in [0.1, 0.15) is 0 Å². The van der Waals surface area contributed by atoms with Gasteiger partial charge in [-0.1, -0.05) is 29.5 Å². The summed E-state index contributed by atoms with van der Waals surface area (Å²) in [5, 5.41) is 14.8. The van der Waals surface area contributed by atoms with Crippen molar-refractivity contribution in [3.8, 4) is 0 Å². The van der Waals surface area contributed by atoms with Crippen LogP contribution in [0.5, 0.6) is 0 Å². The molecule has 30 heavy (non-hydrogen) atoms. The predicted octanol–water partition coefficient (Wildman–Crippen LogP) is 3.25. The number of carbonyl (C=O) groups is 2. The lowest BCUT2D eigenvalue weighted by molar-refractivity contribution is -0.115. The number of aryl methyl sites for hydroxylation is 3. The predicted molar refractivity (Wildman–Crippen MR) is 119 cm³/mol. The maximum Gasteiger partial charge on any atom is 0.251 e. The lowest BCUT2D eigenvalue weighted by atomic mass is 10.1. The number of aromatic nitrogens is 4. The van der Waals surface area contributed by atoms with Gasteiger partial charge >= 0.3 is 0 Å². The summed E-state index contributed by atoms with van der Waals surface area (Å²) in [6.45, 7) is 7.88. The first-order chi connectivity index (χ1) is 14.2. The molecule has 0 saturated heterocycles. The summed E-state index contributed by atoms with van der Waals surface area (Å²) in [6.07, 6.45) is 0. The van der Waals surface area contributed by atoms with Crippen molar-refractivity contribution in [1.82, 2.24) is 25.1 Å². The molecule has 10 heteroatoms. The van der Waals surface area contributed by atoms with Crippen molar-refractivity contribution in [2.75, 3.05) is 5.32 Å². The van der Waals surface area contributed by atoms with Crippen LogP contribution in [0.25, 0.3) is 0 Å². The first kappa shape index (κ1) is 22.0. The molecule has 0 bridgehead atoms. The lowest BCUT2D eigenvalue weighted by Gasteiger charge is -2.10. The third-order valence-corrected chi connectivity index (χ3v) is 6.64. The molecule has 0 radical (unpaired) electrons. The minimum atomic E-state index is -0.382. The number of nitrogens with zero attached hydrogens (tertiary/aromatic N) is 4. The Hall–Kier alpha value is -2.72. The summed E-state index contributed by atoms with van der Waals surface area (Å²) in [6, 6.07) is 7.39. The zero-order chi connectivity index (χ0) is 21.8. The molecule has 2 amide bonds. The van der Waals surface area contributed by atoms with E-state index in [1.54, 1.807) is 17.6 Å². The van der Waals surface area contributed by atoms with E-state index in [9.17, 15) is 9.59 Å². The van der Waals surface area contributed by atoms with Crippen LogP contribution in [0.2, 0.25) is 0 Å². The maximum atomic E-state index is 12.5. The van der Waals surface area contributed by atoms with Gasteiger partial charge in [0, 0.05) is 17.5 Å². The van der Waals surface area contributed by atoms with Crippen LogP contribution in [0.1, 0.15) is 39.2 Å². The van der Waals surface area contributed by atoms with E-state index < -0.39 is 0 Å². The van der Waals surface area contributed by atoms with Crippen molar-refractivity contribution in [1.29, 1.82) is 0 Å². The van der Waals surface area contributed by atoms with Gasteiger partial charge in [-0.3, -0.25) is 9.59 Å². The second-order valence-electron chi connectivity index (χ2n) is 6.92. The number of rotatable bonds is 7. The molecule has 3 aromatic rings. The van der Waals surface area contributed by atoms with Crippen LogP contribution in [0, 0.1) is 20.8 Å². The van der Waals surface area contributed by atoms with E-state index in [0.717, 1.165) is 16.1 Å². The van der Waals surface area contributed by atoms with Crippen molar-refractivity contribution in [3.05, 3.63) is 51.8 Å². The van der Waals surface area contributed by atoms with Gasteiger partial charge in [-0.25, -0.2) is 4.98 Å². The van der Waals surface area contributed by atoms with Crippen LogP contribution < -0.4 is 10.6 Å². The number of anilines is 1. The minimum Gasteiger partial charge on any atom is -0.345 e. The average molecular weight is 445 g/mol. The number of benzene rings is 1. The number of thioether (sulfide) groups is 1. The summed E-state index contributed by atoms with van der Waals surface area (Å²) in [4.78, 5) is 30.2. The van der Waals surface area contributed by atoms with Crippen molar-refractivity contribution in [3.63, 3.8) is 0 Å². The molecule has 158 valence electrons. The van der Waals surface area contributed by atoms with Crippen molar-refractivity contribution in [2.24, 2.45) is 7.05 Å². The molecule has 2 N–H and O–H groups in total. The first-order valence-corrected chi connectivity index (χ1v) is 11.1. The normalized spacial score (nSPS) is 11.9. The fourth-order valence-electron chi connectivity index (χ4n) is 2.59. The minimum absolute atomic E-state index is 0.147. The lowest BCUT2D eigenvalue weighted by Crippen LogP contribution is -2.25. The standard InChI is InChI=1S/C20H24N6O2S2/c1-11-7-6-8-15(9-11)18(28)21-10-16-24-25-20(26(16)5)30-14(4)17(27)23-19-22-12(2)13(3)29-19/h6-9,14H,10H2,1-5H3,(H,21,28)(H,22,23,27)/t14-/m1/s1. The molecule has 0 aliphatic heterocycles. The van der Waals surface area contributed by atoms with E-state index in [4.69, 9.17) is 0 Å². The zero-order valence-corrected chi connectivity index (χ0v) is 19.1. The molecule has 0 aliphatic rings. The molecule has 0 saturated carbocycles. The number of thiazole rings is 1. The van der Waals surface area contributed by atoms with Gasteiger partial charge in [-0.15, -0.1) is 21.5 Å². The molecule has 2 aromatic heterocycles. The van der Waals surface area contributed by atoms with Gasteiger partial charge in [0.15, 0.2) is 16.1 Å². The Balaban J connectivity index is 1.57. The first-order valence-electron chi connectivity index (χ1n) is 9.39. The zero-order valence-electron chi connectivity index (χ0n) is 17.5. The number of amides is 2. The monoisotopic (exact) mass is 444 g/mol. The number of nitrogens with one attached hydrogen (secondary N) is 2. The summed E-state index contributed by atoms with van der Waals surface area (Å²) >= 11 is 2.76. The van der Waals surface area contributed by atoms with Gasteiger partial charge in [-0.2, -0.15) is 0 Å². The van der Waals surface area contributed by atoms with E-state index in [1.807, 2.05) is 46.0 Å². The topological polar surface area (TPSA) is 102 Å². The molecule has 0 unspecified atom stereocenters. The molecular formula is C20H24N6O2S2. The number of hydrogen-bond donors (Lipinski definition) is 2. The molecular weight excluding hydrogens is 420 g/mol. The smallest absolute Gasteiger partial charge is 0.251 e. The Morgan fingerprint density at radius 1 is 1.23 bits per heavy atom. The SMILES string of the molecule is Cc1cccc(C(=O)NCc2nnc(S[C@H](C)C(=O)Nc3nc(C)c(C)s3)n2C)c1. The largest absolute Gasteiger partial charge is 0.345 e. The van der Waals surface area contributed by atoms with Crippen molar-refractivity contribution in [2.45, 2.75) is 44.6 Å². The molecule has 8 nitrogen and oxygen atoms in total. The Labute approximate surface area is 183 Å². The van der Waals surface area contributed by atoms with Gasteiger partial charge < -0.3 is 15.2 Å². The quantitative estimate of drug-likeness (QED) is 0.543. The molecule has 1 aromatic carbocycles. The van der Waals surface area contributed by atoms with E-state index in [1.165, 1.54) is 23.1 Å². The van der Waals surface area contributed by atoms with Crippen LogP contribution in [-0.2, 0) is 18.4 Å². The third-order valence-electron chi connectivity index (χ3n) is 4.52. The number of hydrogen-bond acceptors (Lipinski definition) is 7. The summed E-state index contributed by atoms with van der Waals surface area (Å²) in [7, 11) is 1.81. The number of carbonyl (C=O) groups excluding carboxylic acids is 2. The highest BCUT2D eigenvalue weighted by Crippen LogP contribution is 2.25. The van der Waals surface area contributed by atoms with Crippen LogP contribution in [-0.4, -0.2) is 36.8 Å². The van der Waals surface area contributed by atoms with Gasteiger partial charge in [0.05, 0.1) is 17.5 Å². The van der Waals surface area contributed by atoms with Gasteiger partial charge in [0.25, 0.3) is 5.91 Å². The van der Waals surface area contributed by atoms with E-state index in [-0.39, 0.29) is 23.6 Å². The maximum absolute atomic E-state index is 12.5. The van der Waals surface area contributed by atoms with Gasteiger partial charge in [-0.05, 0) is 39.8 Å². The summed E-state index contributed by atoms with van der Waals surface area (Å²) < 4.78 is 1.78. The summed E-state index contributed by atoms with van der Waals surface area (Å²) in [5.74, 6) is 0.293. The van der Waals surface area contributed by atoms with E-state index in [2.05, 4.69) is 25.8 Å². The third kappa shape index (κ3) is 5.25.